The molecule has 0 saturated carbocycles. The summed E-state index contributed by atoms with van der Waals surface area (Å²) >= 11 is 0. The number of carbonyl (C=O) groups excluding carboxylic acids is 1. The topological polar surface area (TPSA) is 82.2 Å². The van der Waals surface area contributed by atoms with Crippen LogP contribution in [-0.4, -0.2) is 88.9 Å². The van der Waals surface area contributed by atoms with Gasteiger partial charge in [0, 0.05) is 51.9 Å². The Hall–Kier alpha value is -2.46. The van der Waals surface area contributed by atoms with Gasteiger partial charge in [0.1, 0.15) is 10.6 Å². The summed E-state index contributed by atoms with van der Waals surface area (Å²) in [6, 6.07) is 13.9. The van der Waals surface area contributed by atoms with Crippen molar-refractivity contribution in [3.8, 4) is 5.75 Å². The van der Waals surface area contributed by atoms with Gasteiger partial charge >= 0.3 is 0 Å². The first-order chi connectivity index (χ1) is 16.3. The summed E-state index contributed by atoms with van der Waals surface area (Å²) in [4.78, 5) is 17.5. The van der Waals surface area contributed by atoms with Crippen molar-refractivity contribution in [3.05, 3.63) is 59.7 Å². The van der Waals surface area contributed by atoms with Gasteiger partial charge in [-0.25, -0.2) is 8.42 Å². The molecule has 8 nitrogen and oxygen atoms in total. The fraction of sp³-hybridized carbons (Fsp3) is 0.480. The van der Waals surface area contributed by atoms with Crippen LogP contribution in [-0.2, 0) is 16.6 Å². The van der Waals surface area contributed by atoms with E-state index in [2.05, 4.69) is 22.2 Å². The number of unbranched alkanes of at least 4 members (excludes halogenated alkanes) is 1. The number of amides is 1. The zero-order chi connectivity index (χ0) is 24.6. The zero-order valence-corrected chi connectivity index (χ0v) is 21.2. The predicted octanol–water partition coefficient (Wildman–Crippen LogP) is 2.27. The molecule has 0 spiro atoms. The van der Waals surface area contributed by atoms with Crippen molar-refractivity contribution in [2.45, 2.75) is 24.3 Å². The number of benzene rings is 2. The predicted molar refractivity (Wildman–Crippen MR) is 134 cm³/mol. The minimum Gasteiger partial charge on any atom is -0.495 e. The van der Waals surface area contributed by atoms with Crippen LogP contribution in [0, 0.1) is 0 Å². The van der Waals surface area contributed by atoms with Crippen LogP contribution in [0.2, 0.25) is 0 Å². The van der Waals surface area contributed by atoms with Crippen molar-refractivity contribution >= 4 is 15.9 Å². The summed E-state index contributed by atoms with van der Waals surface area (Å²) in [5, 5.41) is 2.91. The monoisotopic (exact) mass is 488 g/mol. The standard InChI is InChI=1S/C25H36N4O4S/c1-27-15-17-29(18-16-27)14-8-7-13-26-25(30)22-11-12-23(33-3)24(19-22)34(31,32)28(2)20-21-9-5-4-6-10-21/h4-6,9-12,19H,7-8,13-18,20H2,1-3H3,(H,26,30). The Kier molecular flexibility index (Phi) is 9.46. The van der Waals surface area contributed by atoms with Crippen molar-refractivity contribution < 1.29 is 17.9 Å². The molecular weight excluding hydrogens is 452 g/mol. The van der Waals surface area contributed by atoms with Crippen molar-refractivity contribution in [2.24, 2.45) is 0 Å². The Bertz CT molecular complexity index is 1040. The fourth-order valence-electron chi connectivity index (χ4n) is 3.95. The number of ether oxygens (including phenoxy) is 1. The largest absolute Gasteiger partial charge is 0.495 e. The van der Waals surface area contributed by atoms with E-state index in [1.807, 2.05) is 30.3 Å². The normalized spacial score (nSPS) is 15.4. The third kappa shape index (κ3) is 7.02. The second kappa shape index (κ2) is 12.3. The van der Waals surface area contributed by atoms with Crippen LogP contribution in [0.3, 0.4) is 0 Å². The van der Waals surface area contributed by atoms with Gasteiger partial charge < -0.3 is 19.9 Å². The van der Waals surface area contributed by atoms with Crippen molar-refractivity contribution in [2.75, 3.05) is 60.5 Å². The quantitative estimate of drug-likeness (QED) is 0.489. The molecule has 1 fully saturated rings. The molecule has 34 heavy (non-hydrogen) atoms. The van der Waals surface area contributed by atoms with Gasteiger partial charge in [0.15, 0.2) is 0 Å². The average Bonchev–Trinajstić information content (AvgIpc) is 2.85. The number of sulfonamides is 1. The van der Waals surface area contributed by atoms with Gasteiger partial charge in [-0.2, -0.15) is 4.31 Å². The summed E-state index contributed by atoms with van der Waals surface area (Å²) in [6.45, 7) is 6.17. The van der Waals surface area contributed by atoms with Gasteiger partial charge in [-0.05, 0) is 50.2 Å². The first kappa shape index (κ1) is 26.2. The van der Waals surface area contributed by atoms with E-state index in [0.717, 1.165) is 51.1 Å². The Balaban J connectivity index is 1.58. The molecule has 1 N–H and O–H groups in total. The highest BCUT2D eigenvalue weighted by Gasteiger charge is 2.26. The minimum atomic E-state index is -3.86. The molecular formula is C25H36N4O4S. The van der Waals surface area contributed by atoms with E-state index in [1.54, 1.807) is 6.07 Å². The first-order valence-corrected chi connectivity index (χ1v) is 13.1. The maximum atomic E-state index is 13.3. The van der Waals surface area contributed by atoms with Crippen molar-refractivity contribution in [1.82, 2.24) is 19.4 Å². The Morgan fingerprint density at radius 1 is 1.06 bits per heavy atom. The van der Waals surface area contributed by atoms with E-state index < -0.39 is 10.0 Å². The number of nitrogens with zero attached hydrogens (tertiary/aromatic N) is 3. The van der Waals surface area contributed by atoms with Crippen LogP contribution in [0.1, 0.15) is 28.8 Å². The van der Waals surface area contributed by atoms with E-state index in [4.69, 9.17) is 4.74 Å². The number of carbonyl (C=O) groups is 1. The molecule has 0 atom stereocenters. The maximum Gasteiger partial charge on any atom is 0.251 e. The molecule has 1 heterocycles. The zero-order valence-electron chi connectivity index (χ0n) is 20.4. The molecule has 3 rings (SSSR count). The first-order valence-electron chi connectivity index (χ1n) is 11.7. The van der Waals surface area contributed by atoms with Crippen LogP contribution in [0.4, 0.5) is 0 Å². The molecule has 0 unspecified atom stereocenters. The van der Waals surface area contributed by atoms with E-state index in [0.29, 0.717) is 12.1 Å². The number of likely N-dealkylation sites (N-methyl/N-ethyl adjacent to an activating group) is 1. The highest BCUT2D eigenvalue weighted by molar-refractivity contribution is 7.89. The molecule has 186 valence electrons. The van der Waals surface area contributed by atoms with Crippen LogP contribution in [0.15, 0.2) is 53.4 Å². The molecule has 1 aliphatic rings. The number of methoxy groups -OCH3 is 1. The highest BCUT2D eigenvalue weighted by atomic mass is 32.2. The molecule has 1 amide bonds. The number of hydrogen-bond acceptors (Lipinski definition) is 6. The van der Waals surface area contributed by atoms with Gasteiger partial charge in [-0.3, -0.25) is 4.79 Å². The molecule has 0 bridgehead atoms. The summed E-state index contributed by atoms with van der Waals surface area (Å²) in [7, 11) is 1.23. The van der Waals surface area contributed by atoms with E-state index in [9.17, 15) is 13.2 Å². The SMILES string of the molecule is COc1ccc(C(=O)NCCCCN2CCN(C)CC2)cc1S(=O)(=O)N(C)Cc1ccccc1. The molecule has 0 radical (unpaired) electrons. The maximum absolute atomic E-state index is 13.3. The second-order valence-electron chi connectivity index (χ2n) is 8.72. The molecule has 1 saturated heterocycles. The van der Waals surface area contributed by atoms with Crippen LogP contribution < -0.4 is 10.1 Å². The van der Waals surface area contributed by atoms with Crippen LogP contribution in [0.25, 0.3) is 0 Å². The third-order valence-corrected chi connectivity index (χ3v) is 7.97. The lowest BCUT2D eigenvalue weighted by molar-refractivity contribution is 0.0951. The average molecular weight is 489 g/mol. The molecule has 2 aromatic carbocycles. The smallest absolute Gasteiger partial charge is 0.251 e. The highest BCUT2D eigenvalue weighted by Crippen LogP contribution is 2.28. The summed E-state index contributed by atoms with van der Waals surface area (Å²) in [5.74, 6) is -0.0759. The number of hydrogen-bond donors (Lipinski definition) is 1. The minimum absolute atomic E-state index is 0.0175. The molecule has 0 aromatic heterocycles. The number of piperazine rings is 1. The van der Waals surface area contributed by atoms with Gasteiger partial charge in [0.25, 0.3) is 5.91 Å². The Labute approximate surface area is 203 Å². The van der Waals surface area contributed by atoms with E-state index in [-0.39, 0.29) is 23.1 Å². The summed E-state index contributed by atoms with van der Waals surface area (Å²) in [6.07, 6.45) is 1.88. The van der Waals surface area contributed by atoms with Gasteiger partial charge in [0.05, 0.1) is 7.11 Å². The lowest BCUT2D eigenvalue weighted by Crippen LogP contribution is -2.44. The summed E-state index contributed by atoms with van der Waals surface area (Å²) in [5.41, 5.74) is 1.17. The second-order valence-corrected chi connectivity index (χ2v) is 10.7. The molecule has 0 aliphatic carbocycles. The lowest BCUT2D eigenvalue weighted by Gasteiger charge is -2.32. The molecule has 2 aromatic rings. The van der Waals surface area contributed by atoms with Crippen molar-refractivity contribution in [3.63, 3.8) is 0 Å². The van der Waals surface area contributed by atoms with Gasteiger partial charge in [-0.1, -0.05) is 30.3 Å². The number of nitrogens with one attached hydrogen (secondary N) is 1. The van der Waals surface area contributed by atoms with Crippen LogP contribution in [0.5, 0.6) is 5.75 Å². The van der Waals surface area contributed by atoms with E-state index >= 15 is 0 Å². The Morgan fingerprint density at radius 3 is 2.44 bits per heavy atom. The fourth-order valence-corrected chi connectivity index (χ4v) is 5.29. The lowest BCUT2D eigenvalue weighted by atomic mass is 10.2. The van der Waals surface area contributed by atoms with Crippen LogP contribution >= 0.6 is 0 Å². The molecule has 1 aliphatic heterocycles. The van der Waals surface area contributed by atoms with Gasteiger partial charge in [0.2, 0.25) is 10.0 Å². The van der Waals surface area contributed by atoms with Crippen molar-refractivity contribution in [1.29, 1.82) is 0 Å². The Morgan fingerprint density at radius 2 is 1.76 bits per heavy atom. The van der Waals surface area contributed by atoms with Gasteiger partial charge in [-0.15, -0.1) is 0 Å². The van der Waals surface area contributed by atoms with E-state index in [1.165, 1.54) is 30.6 Å². The third-order valence-electron chi connectivity index (χ3n) is 6.14. The molecule has 9 heteroatoms. The number of rotatable bonds is 11. The summed E-state index contributed by atoms with van der Waals surface area (Å²) < 4.78 is 33.1.